The van der Waals surface area contributed by atoms with Gasteiger partial charge in [-0.05, 0) is 35.9 Å². The third-order valence-corrected chi connectivity index (χ3v) is 3.87. The molecule has 1 amide bonds. The van der Waals surface area contributed by atoms with Crippen molar-refractivity contribution < 1.29 is 14.3 Å². The minimum atomic E-state index is -0.173. The summed E-state index contributed by atoms with van der Waals surface area (Å²) in [6, 6.07) is 11.2. The third-order valence-electron chi connectivity index (χ3n) is 3.87. The number of nitrogens with one attached hydrogen (secondary N) is 1. The number of carbonyl (C=O) groups excluding carboxylic acids is 1. The van der Waals surface area contributed by atoms with Crippen LogP contribution in [0, 0.1) is 0 Å². The molecule has 7 heteroatoms. The highest BCUT2D eigenvalue weighted by Crippen LogP contribution is 2.27. The van der Waals surface area contributed by atoms with E-state index in [0.717, 1.165) is 17.0 Å². The summed E-state index contributed by atoms with van der Waals surface area (Å²) >= 11 is 0. The molecule has 0 saturated carbocycles. The Labute approximate surface area is 151 Å². The minimum absolute atomic E-state index is 0.173. The van der Waals surface area contributed by atoms with E-state index in [1.807, 2.05) is 40.9 Å². The van der Waals surface area contributed by atoms with Crippen LogP contribution in [0.5, 0.6) is 11.5 Å². The fourth-order valence-electron chi connectivity index (χ4n) is 2.55. The Morgan fingerprint density at radius 2 is 2.00 bits per heavy atom. The molecule has 0 spiro atoms. The highest BCUT2D eigenvalue weighted by Gasteiger charge is 2.05. The summed E-state index contributed by atoms with van der Waals surface area (Å²) in [4.78, 5) is 12.0. The van der Waals surface area contributed by atoms with E-state index in [1.54, 1.807) is 26.4 Å². The average molecular weight is 352 g/mol. The number of pyridine rings is 1. The zero-order chi connectivity index (χ0) is 18.4. The van der Waals surface area contributed by atoms with Crippen molar-refractivity contribution in [1.29, 1.82) is 0 Å². The van der Waals surface area contributed by atoms with E-state index in [0.29, 0.717) is 24.5 Å². The molecule has 2 aromatic heterocycles. The number of ether oxygens (including phenoxy) is 2. The normalized spacial score (nSPS) is 11.0. The number of nitrogens with zero attached hydrogens (tertiary/aromatic N) is 3. The summed E-state index contributed by atoms with van der Waals surface area (Å²) in [6.45, 7) is 0.477. The van der Waals surface area contributed by atoms with Gasteiger partial charge in [0, 0.05) is 25.2 Å². The Kier molecular flexibility index (Phi) is 5.48. The maximum absolute atomic E-state index is 12.0. The van der Waals surface area contributed by atoms with Gasteiger partial charge in [-0.1, -0.05) is 12.1 Å². The molecule has 2 heterocycles. The van der Waals surface area contributed by atoms with Crippen LogP contribution in [0.3, 0.4) is 0 Å². The molecule has 1 aromatic carbocycles. The molecule has 134 valence electrons. The summed E-state index contributed by atoms with van der Waals surface area (Å²) < 4.78 is 12.4. The van der Waals surface area contributed by atoms with Crippen LogP contribution in [0.2, 0.25) is 0 Å². The van der Waals surface area contributed by atoms with E-state index < -0.39 is 0 Å². The number of hydrogen-bond donors (Lipinski definition) is 1. The van der Waals surface area contributed by atoms with Crippen molar-refractivity contribution in [3.05, 3.63) is 60.1 Å². The van der Waals surface area contributed by atoms with Gasteiger partial charge in [-0.3, -0.25) is 9.20 Å². The van der Waals surface area contributed by atoms with Crippen LogP contribution >= 0.6 is 0 Å². The molecule has 0 unspecified atom stereocenters. The van der Waals surface area contributed by atoms with Gasteiger partial charge in [0.2, 0.25) is 5.91 Å². The van der Waals surface area contributed by atoms with Crippen LogP contribution in [-0.4, -0.2) is 41.3 Å². The zero-order valence-corrected chi connectivity index (χ0v) is 14.7. The first kappa shape index (κ1) is 17.5. The monoisotopic (exact) mass is 352 g/mol. The molecule has 1 N–H and O–H groups in total. The lowest BCUT2D eigenvalue weighted by molar-refractivity contribution is -0.116. The van der Waals surface area contributed by atoms with Crippen LogP contribution in [0.1, 0.15) is 11.4 Å². The molecule has 0 aliphatic carbocycles. The number of aromatic nitrogens is 3. The molecular weight excluding hydrogens is 332 g/mol. The Morgan fingerprint density at radius 3 is 2.81 bits per heavy atom. The van der Waals surface area contributed by atoms with Gasteiger partial charge in [0.15, 0.2) is 17.1 Å². The van der Waals surface area contributed by atoms with E-state index in [1.165, 1.54) is 6.08 Å². The molecule has 0 aliphatic rings. The first-order valence-corrected chi connectivity index (χ1v) is 8.18. The topological polar surface area (TPSA) is 77.8 Å². The zero-order valence-electron chi connectivity index (χ0n) is 14.7. The van der Waals surface area contributed by atoms with Gasteiger partial charge in [-0.25, -0.2) is 0 Å². The van der Waals surface area contributed by atoms with Crippen molar-refractivity contribution in [1.82, 2.24) is 19.9 Å². The maximum Gasteiger partial charge on any atom is 0.244 e. The van der Waals surface area contributed by atoms with Crippen LogP contribution < -0.4 is 14.8 Å². The molecule has 3 rings (SSSR count). The van der Waals surface area contributed by atoms with Gasteiger partial charge < -0.3 is 14.8 Å². The van der Waals surface area contributed by atoms with Crippen molar-refractivity contribution in [2.45, 2.75) is 6.42 Å². The fraction of sp³-hybridized carbons (Fsp3) is 0.211. The molecule has 0 aliphatic heterocycles. The average Bonchev–Trinajstić information content (AvgIpc) is 3.09. The number of hydrogen-bond acceptors (Lipinski definition) is 5. The first-order valence-electron chi connectivity index (χ1n) is 8.18. The quantitative estimate of drug-likeness (QED) is 0.659. The smallest absolute Gasteiger partial charge is 0.244 e. The van der Waals surface area contributed by atoms with Crippen LogP contribution in [0.25, 0.3) is 11.7 Å². The summed E-state index contributed by atoms with van der Waals surface area (Å²) in [5.41, 5.74) is 1.64. The highest BCUT2D eigenvalue weighted by molar-refractivity contribution is 5.91. The summed E-state index contributed by atoms with van der Waals surface area (Å²) in [6.07, 6.45) is 5.72. The summed E-state index contributed by atoms with van der Waals surface area (Å²) in [7, 11) is 3.16. The van der Waals surface area contributed by atoms with Gasteiger partial charge in [0.1, 0.15) is 5.82 Å². The number of amides is 1. The number of carbonyl (C=O) groups is 1. The first-order chi connectivity index (χ1) is 12.7. The van der Waals surface area contributed by atoms with Gasteiger partial charge >= 0.3 is 0 Å². The predicted molar refractivity (Wildman–Crippen MR) is 98.3 cm³/mol. The van der Waals surface area contributed by atoms with Crippen molar-refractivity contribution in [2.24, 2.45) is 0 Å². The second-order valence-electron chi connectivity index (χ2n) is 5.53. The van der Waals surface area contributed by atoms with Crippen LogP contribution in [0.15, 0.2) is 48.7 Å². The molecule has 0 saturated heterocycles. The molecular formula is C19H20N4O3. The number of methoxy groups -OCH3 is 2. The highest BCUT2D eigenvalue weighted by atomic mass is 16.5. The Bertz CT molecular complexity index is 933. The Balaban J connectivity index is 1.55. The van der Waals surface area contributed by atoms with Crippen molar-refractivity contribution >= 4 is 17.6 Å². The van der Waals surface area contributed by atoms with Gasteiger partial charge in [0.25, 0.3) is 0 Å². The van der Waals surface area contributed by atoms with Crippen molar-refractivity contribution in [2.75, 3.05) is 20.8 Å². The molecule has 3 aromatic rings. The van der Waals surface area contributed by atoms with Crippen LogP contribution in [-0.2, 0) is 11.2 Å². The van der Waals surface area contributed by atoms with E-state index in [2.05, 4.69) is 15.5 Å². The second kappa shape index (κ2) is 8.15. The Morgan fingerprint density at radius 1 is 1.15 bits per heavy atom. The molecule has 0 fully saturated rings. The van der Waals surface area contributed by atoms with E-state index in [-0.39, 0.29) is 5.91 Å². The van der Waals surface area contributed by atoms with Gasteiger partial charge in [0.05, 0.1) is 14.2 Å². The minimum Gasteiger partial charge on any atom is -0.493 e. The fourth-order valence-corrected chi connectivity index (χ4v) is 2.55. The standard InChI is InChI=1S/C19H20N4O3/c1-25-15-8-6-14(13-16(15)26-2)7-9-19(24)20-11-10-18-22-21-17-5-3-4-12-23(17)18/h3-9,12-13H,10-11H2,1-2H3,(H,20,24)/b9-7+. The molecule has 0 atom stereocenters. The maximum atomic E-state index is 12.0. The lowest BCUT2D eigenvalue weighted by Gasteiger charge is -2.07. The SMILES string of the molecule is COc1ccc(/C=C/C(=O)NCCc2nnc3ccccn23)cc1OC. The largest absolute Gasteiger partial charge is 0.493 e. The molecule has 0 radical (unpaired) electrons. The Hall–Kier alpha value is -3.35. The second-order valence-corrected chi connectivity index (χ2v) is 5.53. The lowest BCUT2D eigenvalue weighted by atomic mass is 10.2. The third kappa shape index (κ3) is 4.00. The van der Waals surface area contributed by atoms with E-state index in [4.69, 9.17) is 9.47 Å². The van der Waals surface area contributed by atoms with E-state index in [9.17, 15) is 4.79 Å². The number of rotatable bonds is 7. The number of benzene rings is 1. The summed E-state index contributed by atoms with van der Waals surface area (Å²) in [5.74, 6) is 1.90. The van der Waals surface area contributed by atoms with E-state index >= 15 is 0 Å². The lowest BCUT2D eigenvalue weighted by Crippen LogP contribution is -2.24. The number of fused-ring (bicyclic) bond motifs is 1. The van der Waals surface area contributed by atoms with Crippen molar-refractivity contribution in [3.8, 4) is 11.5 Å². The summed E-state index contributed by atoms with van der Waals surface area (Å²) in [5, 5.41) is 11.1. The van der Waals surface area contributed by atoms with Crippen molar-refractivity contribution in [3.63, 3.8) is 0 Å². The molecule has 26 heavy (non-hydrogen) atoms. The molecule has 0 bridgehead atoms. The van der Waals surface area contributed by atoms with Crippen LogP contribution in [0.4, 0.5) is 0 Å². The molecule has 7 nitrogen and oxygen atoms in total. The predicted octanol–water partition coefficient (Wildman–Crippen LogP) is 2.12. The van der Waals surface area contributed by atoms with Gasteiger partial charge in [-0.15, -0.1) is 10.2 Å². The van der Waals surface area contributed by atoms with Gasteiger partial charge in [-0.2, -0.15) is 0 Å².